The number of sulfonamides is 1. The molecule has 10 heteroatoms. The van der Waals surface area contributed by atoms with Gasteiger partial charge in [-0.05, 0) is 38.1 Å². The summed E-state index contributed by atoms with van der Waals surface area (Å²) in [4.78, 5) is 22.8. The number of hydrogen-bond acceptors (Lipinski definition) is 4. The van der Waals surface area contributed by atoms with Gasteiger partial charge in [-0.3, -0.25) is 4.79 Å². The van der Waals surface area contributed by atoms with Crippen molar-refractivity contribution in [3.05, 3.63) is 29.8 Å². The van der Waals surface area contributed by atoms with Crippen molar-refractivity contribution in [1.82, 2.24) is 9.62 Å². The van der Waals surface area contributed by atoms with Gasteiger partial charge in [0.25, 0.3) is 5.91 Å². The first kappa shape index (κ1) is 21.0. The molecule has 0 bridgehead atoms. The predicted octanol–water partition coefficient (Wildman–Crippen LogP) is 1.55. The van der Waals surface area contributed by atoms with Crippen LogP contribution in [0.2, 0.25) is 0 Å². The number of carbonyl (C=O) groups is 2. The Hall–Kier alpha value is -2.07. The maximum atomic E-state index is 12.3. The number of carboxylic acids is 1. The molecular formula is C15H20F2N2O5S. The van der Waals surface area contributed by atoms with Crippen molar-refractivity contribution < 1.29 is 31.9 Å². The van der Waals surface area contributed by atoms with Gasteiger partial charge in [0, 0.05) is 25.1 Å². The highest BCUT2D eigenvalue weighted by Gasteiger charge is 2.26. The molecule has 1 aromatic rings. The van der Waals surface area contributed by atoms with E-state index in [0.717, 1.165) is 4.31 Å². The molecule has 0 aliphatic heterocycles. The molecule has 0 saturated carbocycles. The molecule has 0 heterocycles. The maximum absolute atomic E-state index is 12.3. The van der Waals surface area contributed by atoms with Gasteiger partial charge in [0.05, 0.1) is 4.90 Å². The first-order chi connectivity index (χ1) is 11.5. The van der Waals surface area contributed by atoms with Gasteiger partial charge >= 0.3 is 5.97 Å². The monoisotopic (exact) mass is 378 g/mol. The molecule has 0 spiro atoms. The first-order valence-electron chi connectivity index (χ1n) is 7.36. The van der Waals surface area contributed by atoms with Crippen molar-refractivity contribution in [1.29, 1.82) is 0 Å². The van der Waals surface area contributed by atoms with E-state index in [4.69, 9.17) is 5.11 Å². The molecular weight excluding hydrogens is 358 g/mol. The number of aliphatic carboxylic acids is 1. The Kier molecular flexibility index (Phi) is 7.00. The molecule has 1 atom stereocenters. The van der Waals surface area contributed by atoms with E-state index in [0.29, 0.717) is 0 Å². The summed E-state index contributed by atoms with van der Waals surface area (Å²) in [5.41, 5.74) is -0.0355. The number of rotatable bonds is 8. The number of carboxylic acid groups (broad SMARTS) is 1. The lowest BCUT2D eigenvalue weighted by Gasteiger charge is -2.21. The van der Waals surface area contributed by atoms with Crippen LogP contribution in [0.5, 0.6) is 0 Å². The number of benzene rings is 1. The normalized spacial score (nSPS) is 13.3. The molecule has 2 N–H and O–H groups in total. The Balaban J connectivity index is 2.95. The molecule has 0 aliphatic rings. The summed E-state index contributed by atoms with van der Waals surface area (Å²) >= 11 is 0. The fraction of sp³-hybridized carbons (Fsp3) is 0.467. The van der Waals surface area contributed by atoms with Crippen molar-refractivity contribution in [2.75, 3.05) is 7.05 Å². The average Bonchev–Trinajstić information content (AvgIpc) is 2.52. The van der Waals surface area contributed by atoms with Crippen LogP contribution in [0.25, 0.3) is 0 Å². The third-order valence-corrected chi connectivity index (χ3v) is 5.59. The third-order valence-electron chi connectivity index (χ3n) is 3.54. The van der Waals surface area contributed by atoms with E-state index < -0.39 is 40.8 Å². The quantitative estimate of drug-likeness (QED) is 0.714. The molecule has 0 aliphatic carbocycles. The smallest absolute Gasteiger partial charge is 0.326 e. The second kappa shape index (κ2) is 8.34. The van der Waals surface area contributed by atoms with Crippen molar-refractivity contribution in [3.8, 4) is 0 Å². The molecule has 0 fully saturated rings. The van der Waals surface area contributed by atoms with E-state index in [1.165, 1.54) is 31.3 Å². The standard InChI is InChI=1S/C15H20F2N2O5S/c1-9(2)19(3)25(23,24)11-6-4-10(5-7-11)14(20)18-12(15(21)22)8-13(16)17/h4-7,9,12-13H,8H2,1-3H3,(H,18,20)(H,21,22). The number of nitrogens with one attached hydrogen (secondary N) is 1. The van der Waals surface area contributed by atoms with E-state index in [1.807, 2.05) is 5.32 Å². The van der Waals surface area contributed by atoms with E-state index in [1.54, 1.807) is 13.8 Å². The molecule has 1 aromatic carbocycles. The van der Waals surface area contributed by atoms with Crippen LogP contribution in [-0.2, 0) is 14.8 Å². The van der Waals surface area contributed by atoms with Gasteiger partial charge in [-0.1, -0.05) is 0 Å². The van der Waals surface area contributed by atoms with Crippen LogP contribution >= 0.6 is 0 Å². The van der Waals surface area contributed by atoms with Gasteiger partial charge in [0.1, 0.15) is 6.04 Å². The highest BCUT2D eigenvalue weighted by molar-refractivity contribution is 7.89. The molecule has 1 rings (SSSR count). The summed E-state index contributed by atoms with van der Waals surface area (Å²) in [6, 6.07) is 2.79. The predicted molar refractivity (Wildman–Crippen MR) is 86.0 cm³/mol. The molecule has 0 radical (unpaired) electrons. The van der Waals surface area contributed by atoms with E-state index in [9.17, 15) is 26.8 Å². The van der Waals surface area contributed by atoms with E-state index in [-0.39, 0.29) is 16.5 Å². The van der Waals surface area contributed by atoms with Gasteiger partial charge in [-0.2, -0.15) is 4.31 Å². The highest BCUT2D eigenvalue weighted by Crippen LogP contribution is 2.17. The molecule has 1 unspecified atom stereocenters. The average molecular weight is 378 g/mol. The van der Waals surface area contributed by atoms with Crippen molar-refractivity contribution in [3.63, 3.8) is 0 Å². The fourth-order valence-corrected chi connectivity index (χ4v) is 3.23. The Morgan fingerprint density at radius 2 is 1.72 bits per heavy atom. The largest absolute Gasteiger partial charge is 0.480 e. The Labute approximate surface area is 144 Å². The lowest BCUT2D eigenvalue weighted by atomic mass is 10.1. The SMILES string of the molecule is CC(C)N(C)S(=O)(=O)c1ccc(C(=O)NC(CC(F)F)C(=O)O)cc1. The van der Waals surface area contributed by atoms with Crippen LogP contribution in [0.1, 0.15) is 30.6 Å². The number of nitrogens with zero attached hydrogens (tertiary/aromatic N) is 1. The minimum atomic E-state index is -3.72. The zero-order valence-corrected chi connectivity index (χ0v) is 14.8. The van der Waals surface area contributed by atoms with Gasteiger partial charge in [0.15, 0.2) is 0 Å². The van der Waals surface area contributed by atoms with Crippen LogP contribution in [-0.4, -0.2) is 55.3 Å². The molecule has 140 valence electrons. The van der Waals surface area contributed by atoms with Crippen LogP contribution in [0.4, 0.5) is 8.78 Å². The van der Waals surface area contributed by atoms with Gasteiger partial charge in [-0.25, -0.2) is 22.0 Å². The highest BCUT2D eigenvalue weighted by atomic mass is 32.2. The second-order valence-electron chi connectivity index (χ2n) is 5.63. The maximum Gasteiger partial charge on any atom is 0.326 e. The molecule has 7 nitrogen and oxygen atoms in total. The number of halogens is 2. The fourth-order valence-electron chi connectivity index (χ4n) is 1.86. The molecule has 0 saturated heterocycles. The number of alkyl halides is 2. The molecule has 0 aromatic heterocycles. The summed E-state index contributed by atoms with van der Waals surface area (Å²) in [6.07, 6.45) is -3.91. The van der Waals surface area contributed by atoms with Gasteiger partial charge in [-0.15, -0.1) is 0 Å². The third kappa shape index (κ3) is 5.46. The second-order valence-corrected chi connectivity index (χ2v) is 7.63. The van der Waals surface area contributed by atoms with E-state index in [2.05, 4.69) is 0 Å². The number of amides is 1. The van der Waals surface area contributed by atoms with Gasteiger partial charge < -0.3 is 10.4 Å². The first-order valence-corrected chi connectivity index (χ1v) is 8.80. The molecule has 25 heavy (non-hydrogen) atoms. The zero-order chi connectivity index (χ0) is 19.4. The Morgan fingerprint density at radius 3 is 2.12 bits per heavy atom. The summed E-state index contributed by atoms with van der Waals surface area (Å²) in [7, 11) is -2.31. The Morgan fingerprint density at radius 1 is 1.20 bits per heavy atom. The van der Waals surface area contributed by atoms with Crippen molar-refractivity contribution >= 4 is 21.9 Å². The van der Waals surface area contributed by atoms with Crippen LogP contribution in [0.15, 0.2) is 29.2 Å². The number of hydrogen-bond donors (Lipinski definition) is 2. The zero-order valence-electron chi connectivity index (χ0n) is 13.9. The topological polar surface area (TPSA) is 104 Å². The van der Waals surface area contributed by atoms with Crippen molar-refractivity contribution in [2.45, 2.75) is 43.7 Å². The summed E-state index contributed by atoms with van der Waals surface area (Å²) in [5.74, 6) is -2.46. The summed E-state index contributed by atoms with van der Waals surface area (Å²) in [6.45, 7) is 3.41. The minimum absolute atomic E-state index is 0.0355. The Bertz CT molecular complexity index is 720. The number of carbonyl (C=O) groups excluding carboxylic acids is 1. The van der Waals surface area contributed by atoms with E-state index >= 15 is 0 Å². The molecule has 1 amide bonds. The summed E-state index contributed by atoms with van der Waals surface area (Å²) < 4.78 is 50.4. The van der Waals surface area contributed by atoms with Crippen LogP contribution in [0.3, 0.4) is 0 Å². The minimum Gasteiger partial charge on any atom is -0.480 e. The van der Waals surface area contributed by atoms with Crippen molar-refractivity contribution in [2.24, 2.45) is 0 Å². The van der Waals surface area contributed by atoms with Crippen LogP contribution < -0.4 is 5.32 Å². The lowest BCUT2D eigenvalue weighted by Crippen LogP contribution is -2.42. The lowest BCUT2D eigenvalue weighted by molar-refractivity contribution is -0.140. The summed E-state index contributed by atoms with van der Waals surface area (Å²) in [5, 5.41) is 10.8. The van der Waals surface area contributed by atoms with Crippen LogP contribution in [0, 0.1) is 0 Å². The van der Waals surface area contributed by atoms with Gasteiger partial charge in [0.2, 0.25) is 16.4 Å².